The molecule has 0 spiro atoms. The number of aromatic amines is 1. The van der Waals surface area contributed by atoms with Crippen molar-refractivity contribution < 1.29 is 22.3 Å². The third kappa shape index (κ3) is 5.25. The van der Waals surface area contributed by atoms with E-state index in [4.69, 9.17) is 10.5 Å². The number of nitrogens with two attached hydrogens (primary N) is 1. The van der Waals surface area contributed by atoms with Crippen molar-refractivity contribution in [3.05, 3.63) is 81.3 Å². The van der Waals surface area contributed by atoms with Crippen LogP contribution in [0.1, 0.15) is 54.2 Å². The summed E-state index contributed by atoms with van der Waals surface area (Å²) in [6.07, 6.45) is -4.13. The highest BCUT2D eigenvalue weighted by atomic mass is 19.4. The first kappa shape index (κ1) is 24.9. The molecule has 2 heterocycles. The monoisotopic (exact) mass is 493 g/mol. The van der Waals surface area contributed by atoms with Gasteiger partial charge < -0.3 is 15.8 Å². The van der Waals surface area contributed by atoms with E-state index in [0.29, 0.717) is 19.4 Å². The predicted molar refractivity (Wildman–Crippen MR) is 122 cm³/mol. The number of piperidine rings is 1. The van der Waals surface area contributed by atoms with E-state index in [2.05, 4.69) is 15.5 Å². The second-order valence-corrected chi connectivity index (χ2v) is 8.83. The van der Waals surface area contributed by atoms with Crippen LogP contribution in [0.5, 0.6) is 0 Å². The number of nitrogen functional groups attached to an aromatic ring is 1. The fourth-order valence-electron chi connectivity index (χ4n) is 4.57. The number of aromatic nitrogens is 3. The van der Waals surface area contributed by atoms with Gasteiger partial charge in [-0.05, 0) is 48.6 Å². The average Bonchev–Trinajstić information content (AvgIpc) is 3.20. The number of ether oxygens (including phenoxy) is 1. The van der Waals surface area contributed by atoms with E-state index in [1.165, 1.54) is 10.6 Å². The van der Waals surface area contributed by atoms with E-state index >= 15 is 0 Å². The third-order valence-electron chi connectivity index (χ3n) is 6.55. The smallest absolute Gasteiger partial charge is 0.372 e. The highest BCUT2D eigenvalue weighted by Crippen LogP contribution is 2.37. The standard InChI is InChI=1S/C24H27F4N5O2/c1-15(17-9-16(12-25)10-19(11-17)24(26,27)28)35-14-23(18-5-3-2-4-6-18)8-7-20(13-30-23)33-21(29)31-32-22(33)34/h2-6,9-11,15,20,30H,7-8,12-14H2,1H3,(H2,29,31)(H,32,34)/t15-,20+,23-/m1/s1. The molecule has 1 fully saturated rings. The maximum atomic E-state index is 13.3. The van der Waals surface area contributed by atoms with Crippen LogP contribution in [0.4, 0.5) is 23.5 Å². The Morgan fingerprint density at radius 3 is 2.57 bits per heavy atom. The fourth-order valence-corrected chi connectivity index (χ4v) is 4.57. The van der Waals surface area contributed by atoms with E-state index in [1.807, 2.05) is 30.3 Å². The minimum Gasteiger partial charge on any atom is -0.372 e. The van der Waals surface area contributed by atoms with Gasteiger partial charge in [-0.2, -0.15) is 13.2 Å². The van der Waals surface area contributed by atoms with Gasteiger partial charge in [0.05, 0.1) is 29.9 Å². The summed E-state index contributed by atoms with van der Waals surface area (Å²) in [6, 6.07) is 12.6. The first-order valence-electron chi connectivity index (χ1n) is 11.2. The van der Waals surface area contributed by atoms with Crippen LogP contribution in [0, 0.1) is 0 Å². The van der Waals surface area contributed by atoms with Crippen LogP contribution in [0.2, 0.25) is 0 Å². The van der Waals surface area contributed by atoms with Crippen molar-refractivity contribution in [3.8, 4) is 0 Å². The Bertz CT molecular complexity index is 1200. The molecule has 3 atom stereocenters. The van der Waals surface area contributed by atoms with Crippen LogP contribution in [-0.2, 0) is 23.1 Å². The summed E-state index contributed by atoms with van der Waals surface area (Å²) in [7, 11) is 0. The zero-order valence-electron chi connectivity index (χ0n) is 19.1. The SMILES string of the molecule is C[C@@H](OC[C@@]1(c2ccccc2)CC[C@H](n2c(N)n[nH]c2=O)CN1)c1cc(CF)cc(C(F)(F)F)c1. The Kier molecular flexibility index (Phi) is 7.00. The molecule has 4 N–H and O–H groups in total. The number of benzene rings is 2. The Hall–Kier alpha value is -3.18. The molecule has 1 aromatic heterocycles. The van der Waals surface area contributed by atoms with Crippen molar-refractivity contribution in [2.45, 2.75) is 50.3 Å². The Labute approximate surface area is 199 Å². The second kappa shape index (κ2) is 9.82. The summed E-state index contributed by atoms with van der Waals surface area (Å²) >= 11 is 0. The molecule has 1 saturated heterocycles. The lowest BCUT2D eigenvalue weighted by molar-refractivity contribution is -0.137. The highest BCUT2D eigenvalue weighted by Gasteiger charge is 2.39. The van der Waals surface area contributed by atoms with Crippen LogP contribution in [0.25, 0.3) is 0 Å². The molecule has 0 saturated carbocycles. The Morgan fingerprint density at radius 1 is 1.26 bits per heavy atom. The molecular weight excluding hydrogens is 466 g/mol. The van der Waals surface area contributed by atoms with Gasteiger partial charge >= 0.3 is 11.9 Å². The first-order chi connectivity index (χ1) is 16.6. The minimum atomic E-state index is -4.59. The number of hydrogen-bond acceptors (Lipinski definition) is 5. The highest BCUT2D eigenvalue weighted by molar-refractivity contribution is 5.33. The molecule has 0 amide bonds. The van der Waals surface area contributed by atoms with E-state index in [1.54, 1.807) is 6.92 Å². The molecule has 4 rings (SSSR count). The van der Waals surface area contributed by atoms with Gasteiger partial charge in [-0.3, -0.25) is 4.57 Å². The fraction of sp³-hybridized carbons (Fsp3) is 0.417. The van der Waals surface area contributed by atoms with Crippen molar-refractivity contribution in [3.63, 3.8) is 0 Å². The van der Waals surface area contributed by atoms with Gasteiger partial charge in [-0.15, -0.1) is 5.10 Å². The molecular formula is C24H27F4N5O2. The van der Waals surface area contributed by atoms with Gasteiger partial charge in [0.2, 0.25) is 5.95 Å². The number of alkyl halides is 4. The lowest BCUT2D eigenvalue weighted by atomic mass is 9.81. The number of rotatable bonds is 7. The molecule has 35 heavy (non-hydrogen) atoms. The molecule has 0 radical (unpaired) electrons. The Morgan fingerprint density at radius 2 is 2.00 bits per heavy atom. The Balaban J connectivity index is 1.56. The number of halogens is 4. The van der Waals surface area contributed by atoms with Crippen molar-refractivity contribution in [2.24, 2.45) is 0 Å². The normalized spacial score (nSPS) is 21.7. The van der Waals surface area contributed by atoms with E-state index in [-0.39, 0.29) is 35.4 Å². The summed E-state index contributed by atoms with van der Waals surface area (Å²) in [5, 5.41) is 9.59. The maximum absolute atomic E-state index is 13.3. The number of H-pyrrole nitrogens is 1. The van der Waals surface area contributed by atoms with Crippen molar-refractivity contribution in [1.82, 2.24) is 20.1 Å². The molecule has 1 aliphatic heterocycles. The molecule has 11 heteroatoms. The lowest BCUT2D eigenvalue weighted by Crippen LogP contribution is -2.53. The summed E-state index contributed by atoms with van der Waals surface area (Å²) in [4.78, 5) is 12.1. The van der Waals surface area contributed by atoms with Crippen LogP contribution in [-0.4, -0.2) is 27.9 Å². The predicted octanol–water partition coefficient (Wildman–Crippen LogP) is 4.24. The average molecular weight is 494 g/mol. The summed E-state index contributed by atoms with van der Waals surface area (Å²) in [6.45, 7) is 1.21. The van der Waals surface area contributed by atoms with Gasteiger partial charge in [0, 0.05) is 6.54 Å². The molecule has 7 nitrogen and oxygen atoms in total. The van der Waals surface area contributed by atoms with E-state index in [0.717, 1.165) is 17.7 Å². The summed E-state index contributed by atoms with van der Waals surface area (Å²) in [5.74, 6) is 0.104. The van der Waals surface area contributed by atoms with Gasteiger partial charge in [0.15, 0.2) is 0 Å². The molecule has 2 aromatic carbocycles. The molecule has 3 aromatic rings. The topological polar surface area (TPSA) is 98.0 Å². The third-order valence-corrected chi connectivity index (χ3v) is 6.55. The van der Waals surface area contributed by atoms with Gasteiger partial charge in [-0.1, -0.05) is 36.4 Å². The number of hydrogen-bond donors (Lipinski definition) is 3. The zero-order chi connectivity index (χ0) is 25.2. The number of nitrogens with one attached hydrogen (secondary N) is 2. The van der Waals surface area contributed by atoms with Crippen molar-refractivity contribution >= 4 is 5.95 Å². The van der Waals surface area contributed by atoms with E-state index < -0.39 is 30.1 Å². The minimum absolute atomic E-state index is 0.0511. The van der Waals surface area contributed by atoms with Gasteiger partial charge in [0.1, 0.15) is 6.67 Å². The molecule has 1 aliphatic rings. The number of anilines is 1. The van der Waals surface area contributed by atoms with Gasteiger partial charge in [-0.25, -0.2) is 14.3 Å². The molecule has 0 aliphatic carbocycles. The molecule has 188 valence electrons. The van der Waals surface area contributed by atoms with Crippen LogP contribution in [0.3, 0.4) is 0 Å². The van der Waals surface area contributed by atoms with Crippen LogP contribution >= 0.6 is 0 Å². The van der Waals surface area contributed by atoms with Crippen molar-refractivity contribution in [1.29, 1.82) is 0 Å². The molecule has 0 unspecified atom stereocenters. The largest absolute Gasteiger partial charge is 0.416 e. The number of nitrogens with zero attached hydrogens (tertiary/aromatic N) is 2. The first-order valence-corrected chi connectivity index (χ1v) is 11.2. The van der Waals surface area contributed by atoms with Crippen LogP contribution in [0.15, 0.2) is 53.3 Å². The maximum Gasteiger partial charge on any atom is 0.416 e. The summed E-state index contributed by atoms with van der Waals surface area (Å²) < 4.78 is 60.7. The van der Waals surface area contributed by atoms with E-state index in [9.17, 15) is 22.4 Å². The molecule has 0 bridgehead atoms. The zero-order valence-corrected chi connectivity index (χ0v) is 19.1. The quantitative estimate of drug-likeness (QED) is 0.428. The van der Waals surface area contributed by atoms with Crippen LogP contribution < -0.4 is 16.7 Å². The lowest BCUT2D eigenvalue weighted by Gasteiger charge is -2.42. The summed E-state index contributed by atoms with van der Waals surface area (Å²) in [5.41, 5.74) is 5.06. The second-order valence-electron chi connectivity index (χ2n) is 8.83. The van der Waals surface area contributed by atoms with Crippen molar-refractivity contribution in [2.75, 3.05) is 18.9 Å². The van der Waals surface area contributed by atoms with Gasteiger partial charge in [0.25, 0.3) is 0 Å².